The highest BCUT2D eigenvalue weighted by atomic mass is 16.5. The second-order valence-electron chi connectivity index (χ2n) is 5.98. The molecule has 1 saturated carbocycles. The van der Waals surface area contributed by atoms with Crippen molar-refractivity contribution in [1.82, 2.24) is 4.90 Å². The predicted octanol–water partition coefficient (Wildman–Crippen LogP) is 2.89. The lowest BCUT2D eigenvalue weighted by atomic mass is 9.94. The first-order chi connectivity index (χ1) is 11.0. The van der Waals surface area contributed by atoms with Gasteiger partial charge in [-0.2, -0.15) is 5.26 Å². The van der Waals surface area contributed by atoms with Crippen molar-refractivity contribution in [2.24, 2.45) is 0 Å². The molecule has 5 heteroatoms. The zero-order valence-corrected chi connectivity index (χ0v) is 13.6. The third kappa shape index (κ3) is 4.32. The molecule has 122 valence electrons. The molecular weight excluding hydrogens is 292 g/mol. The van der Waals surface area contributed by atoms with Crippen LogP contribution in [-0.4, -0.2) is 36.0 Å². The molecule has 1 aliphatic rings. The number of esters is 1. The molecular formula is C18H22N2O3. The molecule has 0 saturated heterocycles. The molecule has 0 N–H and O–H groups in total. The fourth-order valence-corrected chi connectivity index (χ4v) is 2.89. The van der Waals surface area contributed by atoms with Crippen molar-refractivity contribution in [3.8, 4) is 6.07 Å². The molecule has 5 nitrogen and oxygen atoms in total. The Bertz CT molecular complexity index is 598. The largest absolute Gasteiger partial charge is 0.449 e. The van der Waals surface area contributed by atoms with Gasteiger partial charge in [-0.25, -0.2) is 4.79 Å². The number of benzene rings is 1. The van der Waals surface area contributed by atoms with Crippen molar-refractivity contribution in [2.75, 3.05) is 7.05 Å². The topological polar surface area (TPSA) is 70.4 Å². The smallest absolute Gasteiger partial charge is 0.338 e. The van der Waals surface area contributed by atoms with Gasteiger partial charge in [0.25, 0.3) is 5.91 Å². The van der Waals surface area contributed by atoms with Crippen LogP contribution in [0, 0.1) is 11.3 Å². The highest BCUT2D eigenvalue weighted by molar-refractivity contribution is 5.92. The van der Waals surface area contributed by atoms with Crippen molar-refractivity contribution < 1.29 is 14.3 Å². The number of ether oxygens (including phenoxy) is 1. The van der Waals surface area contributed by atoms with Gasteiger partial charge in [-0.3, -0.25) is 4.79 Å². The summed E-state index contributed by atoms with van der Waals surface area (Å²) < 4.78 is 5.27. The van der Waals surface area contributed by atoms with Crippen molar-refractivity contribution in [3.05, 3.63) is 35.4 Å². The SMILES string of the molecule is C[C@H](OC(=O)c1ccc(C#N)cc1)C(=O)N(C)C1CCCCC1. The molecule has 1 amide bonds. The maximum absolute atomic E-state index is 12.4. The van der Waals surface area contributed by atoms with Gasteiger partial charge < -0.3 is 9.64 Å². The van der Waals surface area contributed by atoms with Gasteiger partial charge in [0.15, 0.2) is 6.10 Å². The lowest BCUT2D eigenvalue weighted by molar-refractivity contribution is -0.141. The Kier molecular flexibility index (Phi) is 5.75. The number of hydrogen-bond acceptors (Lipinski definition) is 4. The molecule has 0 spiro atoms. The average Bonchev–Trinajstić information content (AvgIpc) is 2.61. The van der Waals surface area contributed by atoms with E-state index < -0.39 is 12.1 Å². The van der Waals surface area contributed by atoms with Crippen LogP contribution in [0.3, 0.4) is 0 Å². The molecule has 1 aliphatic carbocycles. The molecule has 2 rings (SSSR count). The number of hydrogen-bond donors (Lipinski definition) is 0. The maximum Gasteiger partial charge on any atom is 0.338 e. The highest BCUT2D eigenvalue weighted by Crippen LogP contribution is 2.22. The fraction of sp³-hybridized carbons (Fsp3) is 0.500. The standard InChI is InChI=1S/C18H22N2O3/c1-13(17(21)20(2)16-6-4-3-5-7-16)23-18(22)15-10-8-14(12-19)9-11-15/h8-11,13,16H,3-7H2,1-2H3/t13-/m0/s1. The summed E-state index contributed by atoms with van der Waals surface area (Å²) in [6, 6.07) is 8.40. The van der Waals surface area contributed by atoms with Gasteiger partial charge in [0.1, 0.15) is 0 Å². The van der Waals surface area contributed by atoms with E-state index in [0.717, 1.165) is 25.7 Å². The van der Waals surface area contributed by atoms with E-state index in [4.69, 9.17) is 10.00 Å². The van der Waals surface area contributed by atoms with Crippen LogP contribution < -0.4 is 0 Å². The van der Waals surface area contributed by atoms with Crippen molar-refractivity contribution in [2.45, 2.75) is 51.2 Å². The minimum Gasteiger partial charge on any atom is -0.449 e. The Balaban J connectivity index is 1.93. The lowest BCUT2D eigenvalue weighted by Crippen LogP contribution is -2.44. The molecule has 1 fully saturated rings. The summed E-state index contributed by atoms with van der Waals surface area (Å²) in [7, 11) is 1.78. The maximum atomic E-state index is 12.4. The number of carbonyl (C=O) groups excluding carboxylic acids is 2. The number of nitrogens with zero attached hydrogens (tertiary/aromatic N) is 2. The monoisotopic (exact) mass is 314 g/mol. The third-order valence-electron chi connectivity index (χ3n) is 4.35. The first-order valence-electron chi connectivity index (χ1n) is 8.00. The summed E-state index contributed by atoms with van der Waals surface area (Å²) in [5, 5.41) is 8.75. The summed E-state index contributed by atoms with van der Waals surface area (Å²) in [6.07, 6.45) is 4.72. The molecule has 1 atom stereocenters. The minimum atomic E-state index is -0.815. The summed E-state index contributed by atoms with van der Waals surface area (Å²) in [5.41, 5.74) is 0.812. The van der Waals surface area contributed by atoms with Gasteiger partial charge in [0, 0.05) is 13.1 Å². The first kappa shape index (κ1) is 17.0. The summed E-state index contributed by atoms with van der Waals surface area (Å²) >= 11 is 0. The summed E-state index contributed by atoms with van der Waals surface area (Å²) in [5.74, 6) is -0.716. The third-order valence-corrected chi connectivity index (χ3v) is 4.35. The van der Waals surface area contributed by atoms with Gasteiger partial charge >= 0.3 is 5.97 Å². The number of carbonyl (C=O) groups is 2. The van der Waals surface area contributed by atoms with Gasteiger partial charge in [0.2, 0.25) is 0 Å². The van der Waals surface area contributed by atoms with Crippen LogP contribution in [0.25, 0.3) is 0 Å². The van der Waals surface area contributed by atoms with Crippen LogP contribution in [0.1, 0.15) is 54.9 Å². The second-order valence-corrected chi connectivity index (χ2v) is 5.98. The van der Waals surface area contributed by atoms with Gasteiger partial charge in [-0.05, 0) is 44.0 Å². The van der Waals surface area contributed by atoms with E-state index in [9.17, 15) is 9.59 Å². The van der Waals surface area contributed by atoms with Crippen LogP contribution in [0.4, 0.5) is 0 Å². The Morgan fingerprint density at radius 3 is 2.39 bits per heavy atom. The molecule has 0 radical (unpaired) electrons. The fourth-order valence-electron chi connectivity index (χ4n) is 2.89. The van der Waals surface area contributed by atoms with Gasteiger partial charge in [0.05, 0.1) is 17.2 Å². The number of rotatable bonds is 4. The van der Waals surface area contributed by atoms with Crippen LogP contribution >= 0.6 is 0 Å². The lowest BCUT2D eigenvalue weighted by Gasteiger charge is -2.32. The van der Waals surface area contributed by atoms with Crippen LogP contribution in [-0.2, 0) is 9.53 Å². The Labute approximate surface area is 136 Å². The van der Waals surface area contributed by atoms with E-state index in [1.165, 1.54) is 18.6 Å². The van der Waals surface area contributed by atoms with Crippen LogP contribution in [0.5, 0.6) is 0 Å². The van der Waals surface area contributed by atoms with E-state index >= 15 is 0 Å². The van der Waals surface area contributed by atoms with Gasteiger partial charge in [-0.15, -0.1) is 0 Å². The molecule has 0 aromatic heterocycles. The number of nitriles is 1. The van der Waals surface area contributed by atoms with E-state index in [1.54, 1.807) is 31.0 Å². The van der Waals surface area contributed by atoms with E-state index in [1.807, 2.05) is 6.07 Å². The molecule has 0 aliphatic heterocycles. The van der Waals surface area contributed by atoms with E-state index in [2.05, 4.69) is 0 Å². The molecule has 1 aromatic rings. The summed E-state index contributed by atoms with van der Waals surface area (Å²) in [6.45, 7) is 1.60. The Morgan fingerprint density at radius 1 is 1.22 bits per heavy atom. The average molecular weight is 314 g/mol. The zero-order chi connectivity index (χ0) is 16.8. The number of amides is 1. The first-order valence-corrected chi connectivity index (χ1v) is 8.00. The Hall–Kier alpha value is -2.35. The van der Waals surface area contributed by atoms with Gasteiger partial charge in [-0.1, -0.05) is 19.3 Å². The van der Waals surface area contributed by atoms with Crippen LogP contribution in [0.2, 0.25) is 0 Å². The predicted molar refractivity (Wildman–Crippen MR) is 85.7 cm³/mol. The van der Waals surface area contributed by atoms with Crippen LogP contribution in [0.15, 0.2) is 24.3 Å². The highest BCUT2D eigenvalue weighted by Gasteiger charge is 2.27. The molecule has 23 heavy (non-hydrogen) atoms. The molecule has 0 bridgehead atoms. The molecule has 0 heterocycles. The van der Waals surface area contributed by atoms with Crippen molar-refractivity contribution in [3.63, 3.8) is 0 Å². The molecule has 1 aromatic carbocycles. The van der Waals surface area contributed by atoms with E-state index in [-0.39, 0.29) is 11.9 Å². The number of likely N-dealkylation sites (N-methyl/N-ethyl adjacent to an activating group) is 1. The summed E-state index contributed by atoms with van der Waals surface area (Å²) in [4.78, 5) is 26.2. The molecule has 0 unspecified atom stereocenters. The second kappa shape index (κ2) is 7.77. The van der Waals surface area contributed by atoms with Crippen molar-refractivity contribution >= 4 is 11.9 Å². The van der Waals surface area contributed by atoms with Crippen molar-refractivity contribution in [1.29, 1.82) is 5.26 Å². The normalized spacial score (nSPS) is 16.2. The Morgan fingerprint density at radius 2 is 1.83 bits per heavy atom. The zero-order valence-electron chi connectivity index (χ0n) is 13.6. The van der Waals surface area contributed by atoms with E-state index in [0.29, 0.717) is 11.1 Å². The minimum absolute atomic E-state index is 0.168. The quantitative estimate of drug-likeness (QED) is 0.801.